The second kappa shape index (κ2) is 8.58. The van der Waals surface area contributed by atoms with Gasteiger partial charge in [-0.2, -0.15) is 0 Å². The Morgan fingerprint density at radius 2 is 0.865 bits per heavy atom. The Bertz CT molecular complexity index is 1340. The lowest BCUT2D eigenvalue weighted by atomic mass is 9.60. The summed E-state index contributed by atoms with van der Waals surface area (Å²) >= 11 is 0. The van der Waals surface area contributed by atoms with E-state index in [2.05, 4.69) is 19.9 Å². The molecule has 4 heterocycles. The van der Waals surface area contributed by atoms with Crippen LogP contribution in [0.2, 0.25) is 0 Å². The zero-order valence-corrected chi connectivity index (χ0v) is 20.0. The number of nitrogens with zero attached hydrogens (tertiary/aromatic N) is 4. The molecule has 4 aromatic heterocycles. The van der Waals surface area contributed by atoms with Crippen molar-refractivity contribution in [1.82, 2.24) is 19.9 Å². The fourth-order valence-corrected chi connectivity index (χ4v) is 6.46. The number of carboxylic acid groups (broad SMARTS) is 2. The molecule has 0 amide bonds. The zero-order chi connectivity index (χ0) is 25.6. The van der Waals surface area contributed by atoms with Gasteiger partial charge in [-0.25, -0.2) is 0 Å². The van der Waals surface area contributed by atoms with E-state index >= 15 is 0 Å². The van der Waals surface area contributed by atoms with Crippen LogP contribution in [0.4, 0.5) is 0 Å². The summed E-state index contributed by atoms with van der Waals surface area (Å²) < 4.78 is 0. The molecule has 2 aliphatic carbocycles. The molecule has 2 N–H and O–H groups in total. The average Bonchev–Trinajstić information content (AvgIpc) is 3.35. The van der Waals surface area contributed by atoms with Gasteiger partial charge in [0.2, 0.25) is 0 Å². The quantitative estimate of drug-likeness (QED) is 0.365. The highest BCUT2D eigenvalue weighted by molar-refractivity contribution is 5.79. The summed E-state index contributed by atoms with van der Waals surface area (Å²) in [6, 6.07) is 15.5. The first-order chi connectivity index (χ1) is 18.0. The standard InChI is InChI=1S/C29H24N4O4/c34-22(35)9-11-28(18-5-1-13-30-24(18)25-19(28)6-2-14-31-25)17-29(12-10-23(36)37)20-7-3-15-32-26(20)27-21(29)8-4-16-33-27/h1-8,13-16H,9-12,17H2,(H,34,35)(H,36,37). The molecule has 37 heavy (non-hydrogen) atoms. The summed E-state index contributed by atoms with van der Waals surface area (Å²) in [6.45, 7) is 0. The van der Waals surface area contributed by atoms with Crippen LogP contribution < -0.4 is 0 Å². The van der Waals surface area contributed by atoms with Crippen LogP contribution in [0.5, 0.6) is 0 Å². The molecule has 0 radical (unpaired) electrons. The molecule has 0 saturated carbocycles. The van der Waals surface area contributed by atoms with Gasteiger partial charge in [0, 0.05) is 48.5 Å². The minimum atomic E-state index is -0.891. The van der Waals surface area contributed by atoms with Crippen LogP contribution in [0.25, 0.3) is 22.8 Å². The van der Waals surface area contributed by atoms with Gasteiger partial charge >= 0.3 is 11.9 Å². The number of hydrogen-bond acceptors (Lipinski definition) is 6. The molecule has 2 aliphatic rings. The van der Waals surface area contributed by atoms with Crippen molar-refractivity contribution in [2.24, 2.45) is 0 Å². The molecule has 8 heteroatoms. The van der Waals surface area contributed by atoms with Crippen LogP contribution in [0, 0.1) is 0 Å². The van der Waals surface area contributed by atoms with E-state index in [0.717, 1.165) is 45.0 Å². The Morgan fingerprint density at radius 3 is 1.14 bits per heavy atom. The van der Waals surface area contributed by atoms with Crippen molar-refractivity contribution < 1.29 is 19.8 Å². The Kier molecular flexibility index (Phi) is 5.33. The van der Waals surface area contributed by atoms with Crippen molar-refractivity contribution in [3.05, 3.63) is 95.6 Å². The van der Waals surface area contributed by atoms with Crippen molar-refractivity contribution in [3.8, 4) is 22.8 Å². The number of aromatic nitrogens is 4. The number of fused-ring (bicyclic) bond motifs is 6. The van der Waals surface area contributed by atoms with Crippen molar-refractivity contribution in [2.45, 2.75) is 42.9 Å². The topological polar surface area (TPSA) is 126 Å². The Labute approximate surface area is 213 Å². The number of rotatable bonds is 8. The number of hydrogen-bond donors (Lipinski definition) is 2. The first-order valence-electron chi connectivity index (χ1n) is 12.2. The van der Waals surface area contributed by atoms with Crippen LogP contribution in [-0.2, 0) is 20.4 Å². The minimum absolute atomic E-state index is 0.0581. The molecular formula is C29H24N4O4. The number of carbonyl (C=O) groups is 2. The van der Waals surface area contributed by atoms with Gasteiger partial charge < -0.3 is 10.2 Å². The maximum Gasteiger partial charge on any atom is 0.303 e. The third-order valence-corrected chi connectivity index (χ3v) is 7.88. The van der Waals surface area contributed by atoms with E-state index in [0.29, 0.717) is 19.3 Å². The highest BCUT2D eigenvalue weighted by Gasteiger charge is 2.54. The van der Waals surface area contributed by atoms with E-state index in [1.807, 2.05) is 48.5 Å². The van der Waals surface area contributed by atoms with Gasteiger partial charge in [0.15, 0.2) is 0 Å². The lowest BCUT2D eigenvalue weighted by molar-refractivity contribution is -0.138. The summed E-state index contributed by atoms with van der Waals surface area (Å²) in [5.41, 5.74) is 5.14. The monoisotopic (exact) mass is 492 g/mol. The minimum Gasteiger partial charge on any atom is -0.481 e. The van der Waals surface area contributed by atoms with Gasteiger partial charge in [-0.1, -0.05) is 24.3 Å². The van der Waals surface area contributed by atoms with Crippen molar-refractivity contribution >= 4 is 11.9 Å². The third-order valence-electron chi connectivity index (χ3n) is 7.88. The largest absolute Gasteiger partial charge is 0.481 e. The molecular weight excluding hydrogens is 468 g/mol. The third kappa shape index (κ3) is 3.43. The smallest absolute Gasteiger partial charge is 0.303 e. The summed E-state index contributed by atoms with van der Waals surface area (Å²) in [4.78, 5) is 42.5. The normalized spacial score (nSPS) is 15.4. The average molecular weight is 493 g/mol. The Hall–Kier alpha value is -4.46. The molecule has 4 aromatic rings. The predicted octanol–water partition coefficient (Wildman–Crippen LogP) is 4.62. The molecule has 0 unspecified atom stereocenters. The molecule has 0 fully saturated rings. The second-order valence-electron chi connectivity index (χ2n) is 9.73. The van der Waals surface area contributed by atoms with Gasteiger partial charge in [0.1, 0.15) is 0 Å². The van der Waals surface area contributed by atoms with Gasteiger partial charge in [-0.3, -0.25) is 29.5 Å². The van der Waals surface area contributed by atoms with Crippen LogP contribution in [0.15, 0.2) is 73.3 Å². The first-order valence-corrected chi connectivity index (χ1v) is 12.2. The SMILES string of the molecule is O=C(O)CCC1(CC2(CCC(=O)O)c3cccnc3-c3ncccc32)c2cccnc2-c2ncccc21. The maximum absolute atomic E-state index is 11.9. The molecule has 0 spiro atoms. The fourth-order valence-electron chi connectivity index (χ4n) is 6.46. The predicted molar refractivity (Wildman–Crippen MR) is 135 cm³/mol. The van der Waals surface area contributed by atoms with Crippen LogP contribution in [0.3, 0.4) is 0 Å². The van der Waals surface area contributed by atoms with Gasteiger partial charge in [-0.15, -0.1) is 0 Å². The highest BCUT2D eigenvalue weighted by Crippen LogP contribution is 2.60. The number of pyridine rings is 4. The highest BCUT2D eigenvalue weighted by atomic mass is 16.4. The van der Waals surface area contributed by atoms with Crippen molar-refractivity contribution in [2.75, 3.05) is 0 Å². The molecule has 0 atom stereocenters. The molecule has 0 saturated heterocycles. The second-order valence-corrected chi connectivity index (χ2v) is 9.73. The molecule has 8 nitrogen and oxygen atoms in total. The van der Waals surface area contributed by atoms with E-state index in [1.165, 1.54) is 0 Å². The van der Waals surface area contributed by atoms with Crippen LogP contribution >= 0.6 is 0 Å². The zero-order valence-electron chi connectivity index (χ0n) is 20.0. The van der Waals surface area contributed by atoms with Crippen LogP contribution in [0.1, 0.15) is 54.4 Å². The lowest BCUT2D eigenvalue weighted by Gasteiger charge is -2.42. The van der Waals surface area contributed by atoms with E-state index in [9.17, 15) is 19.8 Å². The van der Waals surface area contributed by atoms with E-state index < -0.39 is 22.8 Å². The van der Waals surface area contributed by atoms with E-state index in [-0.39, 0.29) is 12.8 Å². The van der Waals surface area contributed by atoms with E-state index in [4.69, 9.17) is 0 Å². The number of carboxylic acids is 2. The Balaban J connectivity index is 1.64. The van der Waals surface area contributed by atoms with Crippen molar-refractivity contribution in [1.29, 1.82) is 0 Å². The fraction of sp³-hybridized carbons (Fsp3) is 0.241. The van der Waals surface area contributed by atoms with E-state index in [1.54, 1.807) is 24.8 Å². The molecule has 0 aromatic carbocycles. The van der Waals surface area contributed by atoms with Gasteiger partial charge in [-0.05, 0) is 65.8 Å². The molecule has 0 aliphatic heterocycles. The maximum atomic E-state index is 11.9. The molecule has 6 rings (SSSR count). The summed E-state index contributed by atoms with van der Waals surface area (Å²) in [6.07, 6.45) is 7.85. The van der Waals surface area contributed by atoms with Crippen molar-refractivity contribution in [3.63, 3.8) is 0 Å². The number of aliphatic carboxylic acids is 2. The lowest BCUT2D eigenvalue weighted by Crippen LogP contribution is -2.38. The summed E-state index contributed by atoms with van der Waals surface area (Å²) in [7, 11) is 0. The molecule has 0 bridgehead atoms. The summed E-state index contributed by atoms with van der Waals surface area (Å²) in [5.74, 6) is -1.78. The first kappa shape index (κ1) is 23.0. The Morgan fingerprint density at radius 1 is 0.568 bits per heavy atom. The summed E-state index contributed by atoms with van der Waals surface area (Å²) in [5, 5.41) is 19.5. The van der Waals surface area contributed by atoms with Gasteiger partial charge in [0.25, 0.3) is 0 Å². The molecule has 184 valence electrons. The van der Waals surface area contributed by atoms with Crippen LogP contribution in [-0.4, -0.2) is 42.1 Å². The van der Waals surface area contributed by atoms with Gasteiger partial charge in [0.05, 0.1) is 22.8 Å².